The van der Waals surface area contributed by atoms with Crippen LogP contribution in [0.25, 0.3) is 0 Å². The highest BCUT2D eigenvalue weighted by atomic mass is 16.3. The number of carbonyl (C=O) groups is 1. The van der Waals surface area contributed by atoms with E-state index >= 15 is 0 Å². The summed E-state index contributed by atoms with van der Waals surface area (Å²) in [5.41, 5.74) is 5.24. The summed E-state index contributed by atoms with van der Waals surface area (Å²) in [5, 5.41) is 9.45. The summed E-state index contributed by atoms with van der Waals surface area (Å²) in [6.07, 6.45) is 0.844. The SMILES string of the molecule is Cc1cc(C)c2c(c1)CN(C(=O)Cn1c(C)cc(O)cc1=O)CC2. The van der Waals surface area contributed by atoms with Gasteiger partial charge in [0.15, 0.2) is 0 Å². The Labute approximate surface area is 141 Å². The molecule has 1 aliphatic rings. The van der Waals surface area contributed by atoms with Gasteiger partial charge in [-0.2, -0.15) is 0 Å². The van der Waals surface area contributed by atoms with Crippen molar-refractivity contribution in [2.75, 3.05) is 6.54 Å². The van der Waals surface area contributed by atoms with Gasteiger partial charge in [0.05, 0.1) is 0 Å². The molecule has 0 spiro atoms. The lowest BCUT2D eigenvalue weighted by molar-refractivity contribution is -0.132. The lowest BCUT2D eigenvalue weighted by Crippen LogP contribution is -2.40. The summed E-state index contributed by atoms with van der Waals surface area (Å²) >= 11 is 0. The second-order valence-electron chi connectivity index (χ2n) is 6.56. The van der Waals surface area contributed by atoms with Gasteiger partial charge in [0, 0.05) is 24.8 Å². The van der Waals surface area contributed by atoms with Crippen molar-refractivity contribution >= 4 is 5.91 Å². The minimum Gasteiger partial charge on any atom is -0.508 e. The maximum atomic E-state index is 12.6. The van der Waals surface area contributed by atoms with E-state index in [9.17, 15) is 14.7 Å². The highest BCUT2D eigenvalue weighted by Gasteiger charge is 2.22. The number of aryl methyl sites for hydroxylation is 3. The maximum absolute atomic E-state index is 12.6. The first kappa shape index (κ1) is 16.3. The average molecular weight is 326 g/mol. The largest absolute Gasteiger partial charge is 0.508 e. The third-order valence-corrected chi connectivity index (χ3v) is 4.67. The first-order chi connectivity index (χ1) is 11.3. The predicted octanol–water partition coefficient (Wildman–Crippen LogP) is 2.06. The van der Waals surface area contributed by atoms with Gasteiger partial charge >= 0.3 is 0 Å². The Balaban J connectivity index is 1.81. The van der Waals surface area contributed by atoms with Crippen LogP contribution in [-0.4, -0.2) is 27.0 Å². The number of fused-ring (bicyclic) bond motifs is 1. The zero-order valence-electron chi connectivity index (χ0n) is 14.3. The van der Waals surface area contributed by atoms with Crippen molar-refractivity contribution in [1.82, 2.24) is 9.47 Å². The minimum absolute atomic E-state index is 0.00504. The first-order valence-corrected chi connectivity index (χ1v) is 8.12. The fourth-order valence-corrected chi connectivity index (χ4v) is 3.48. The summed E-state index contributed by atoms with van der Waals surface area (Å²) < 4.78 is 1.40. The van der Waals surface area contributed by atoms with E-state index in [0.29, 0.717) is 18.8 Å². The van der Waals surface area contributed by atoms with Crippen molar-refractivity contribution in [2.24, 2.45) is 0 Å². The third-order valence-electron chi connectivity index (χ3n) is 4.67. The van der Waals surface area contributed by atoms with E-state index in [0.717, 1.165) is 12.5 Å². The topological polar surface area (TPSA) is 62.5 Å². The Morgan fingerprint density at radius 3 is 2.62 bits per heavy atom. The smallest absolute Gasteiger partial charge is 0.254 e. The van der Waals surface area contributed by atoms with Crippen molar-refractivity contribution in [3.05, 3.63) is 62.6 Å². The van der Waals surface area contributed by atoms with Crippen LogP contribution in [0.2, 0.25) is 0 Å². The number of rotatable bonds is 2. The Hall–Kier alpha value is -2.56. The number of hydrogen-bond acceptors (Lipinski definition) is 3. The molecule has 24 heavy (non-hydrogen) atoms. The molecule has 5 nitrogen and oxygen atoms in total. The summed E-state index contributed by atoms with van der Waals surface area (Å²) in [5.74, 6) is -0.144. The van der Waals surface area contributed by atoms with E-state index in [1.54, 1.807) is 11.8 Å². The van der Waals surface area contributed by atoms with Crippen molar-refractivity contribution in [3.63, 3.8) is 0 Å². The van der Waals surface area contributed by atoms with Crippen LogP contribution in [0.5, 0.6) is 5.75 Å². The number of benzene rings is 1. The van der Waals surface area contributed by atoms with E-state index < -0.39 is 0 Å². The fourth-order valence-electron chi connectivity index (χ4n) is 3.48. The normalized spacial score (nSPS) is 13.7. The van der Waals surface area contributed by atoms with Gasteiger partial charge in [-0.25, -0.2) is 0 Å². The molecule has 126 valence electrons. The molecule has 3 rings (SSSR count). The zero-order valence-corrected chi connectivity index (χ0v) is 14.3. The maximum Gasteiger partial charge on any atom is 0.254 e. The quantitative estimate of drug-likeness (QED) is 0.919. The molecule has 0 radical (unpaired) electrons. The molecule has 1 aromatic heterocycles. The Morgan fingerprint density at radius 2 is 1.92 bits per heavy atom. The van der Waals surface area contributed by atoms with Gasteiger partial charge in [-0.15, -0.1) is 0 Å². The number of aromatic hydroxyl groups is 1. The molecular formula is C19H22N2O3. The van der Waals surface area contributed by atoms with Gasteiger partial charge in [0.2, 0.25) is 5.91 Å². The molecule has 1 aliphatic heterocycles. The average Bonchev–Trinajstić information content (AvgIpc) is 2.49. The number of nitrogens with zero attached hydrogens (tertiary/aromatic N) is 2. The lowest BCUT2D eigenvalue weighted by Gasteiger charge is -2.30. The molecule has 0 saturated heterocycles. The van der Waals surface area contributed by atoms with Crippen LogP contribution in [0, 0.1) is 20.8 Å². The van der Waals surface area contributed by atoms with Gasteiger partial charge in [0.25, 0.3) is 5.56 Å². The third kappa shape index (κ3) is 3.07. The van der Waals surface area contributed by atoms with Crippen LogP contribution in [-0.2, 0) is 24.3 Å². The van der Waals surface area contributed by atoms with Gasteiger partial charge in [-0.05, 0) is 49.9 Å². The first-order valence-electron chi connectivity index (χ1n) is 8.12. The molecule has 0 aliphatic carbocycles. The van der Waals surface area contributed by atoms with Crippen molar-refractivity contribution < 1.29 is 9.90 Å². The van der Waals surface area contributed by atoms with Gasteiger partial charge in [-0.1, -0.05) is 17.7 Å². The molecule has 1 N–H and O–H groups in total. The van der Waals surface area contributed by atoms with Crippen molar-refractivity contribution in [1.29, 1.82) is 0 Å². The number of amides is 1. The second-order valence-corrected chi connectivity index (χ2v) is 6.56. The highest BCUT2D eigenvalue weighted by Crippen LogP contribution is 2.24. The van der Waals surface area contributed by atoms with Crippen LogP contribution in [0.3, 0.4) is 0 Å². The van der Waals surface area contributed by atoms with Crippen LogP contribution in [0.15, 0.2) is 29.1 Å². The van der Waals surface area contributed by atoms with Crippen LogP contribution < -0.4 is 5.56 Å². The molecular weight excluding hydrogens is 304 g/mol. The van der Waals surface area contributed by atoms with Crippen molar-refractivity contribution in [2.45, 2.75) is 40.3 Å². The molecule has 5 heteroatoms. The summed E-state index contributed by atoms with van der Waals surface area (Å²) in [7, 11) is 0. The Morgan fingerprint density at radius 1 is 1.17 bits per heavy atom. The number of carbonyl (C=O) groups excluding carboxylic acids is 1. The monoisotopic (exact) mass is 326 g/mol. The van der Waals surface area contributed by atoms with E-state index in [1.165, 1.54) is 32.9 Å². The van der Waals surface area contributed by atoms with Crippen molar-refractivity contribution in [3.8, 4) is 5.75 Å². The van der Waals surface area contributed by atoms with Gasteiger partial charge < -0.3 is 14.6 Å². The molecule has 1 aromatic carbocycles. The summed E-state index contributed by atoms with van der Waals surface area (Å²) in [6.45, 7) is 7.15. The molecule has 2 aromatic rings. The van der Waals surface area contributed by atoms with Crippen LogP contribution in [0.4, 0.5) is 0 Å². The van der Waals surface area contributed by atoms with E-state index in [2.05, 4.69) is 26.0 Å². The molecule has 2 heterocycles. The lowest BCUT2D eigenvalue weighted by atomic mass is 9.93. The number of hydrogen-bond donors (Lipinski definition) is 1. The molecule has 0 atom stereocenters. The molecule has 1 amide bonds. The summed E-state index contributed by atoms with van der Waals surface area (Å²) in [4.78, 5) is 26.4. The molecule has 0 unspecified atom stereocenters. The van der Waals surface area contributed by atoms with Gasteiger partial charge in [0.1, 0.15) is 12.3 Å². The molecule has 0 saturated carbocycles. The molecule has 0 fully saturated rings. The highest BCUT2D eigenvalue weighted by molar-refractivity contribution is 5.76. The fraction of sp³-hybridized carbons (Fsp3) is 0.368. The van der Waals surface area contributed by atoms with E-state index in [1.807, 2.05) is 0 Å². The number of aromatic nitrogens is 1. The van der Waals surface area contributed by atoms with E-state index in [4.69, 9.17) is 0 Å². The van der Waals surface area contributed by atoms with Crippen LogP contribution in [0.1, 0.15) is 27.9 Å². The Kier molecular flexibility index (Phi) is 4.18. The van der Waals surface area contributed by atoms with Crippen LogP contribution >= 0.6 is 0 Å². The van der Waals surface area contributed by atoms with E-state index in [-0.39, 0.29) is 23.8 Å². The Bertz CT molecular complexity index is 868. The zero-order chi connectivity index (χ0) is 17.4. The second kappa shape index (κ2) is 6.15. The number of pyridine rings is 1. The predicted molar refractivity (Wildman–Crippen MR) is 92.1 cm³/mol. The summed E-state index contributed by atoms with van der Waals surface area (Å²) in [6, 6.07) is 6.95. The van der Waals surface area contributed by atoms with Gasteiger partial charge in [-0.3, -0.25) is 9.59 Å². The molecule has 0 bridgehead atoms. The minimum atomic E-state index is -0.357. The standard InChI is InChI=1S/C19H22N2O3/c1-12-6-13(2)17-4-5-20(10-15(17)7-12)19(24)11-21-14(3)8-16(22)9-18(21)23/h6-9,22H,4-5,10-11H2,1-3H3.